The smallest absolute Gasteiger partial charge is 0.270 e. The van der Waals surface area contributed by atoms with Crippen LogP contribution >= 0.6 is 0 Å². The molecule has 0 aromatic carbocycles. The molecule has 2 rings (SSSR count). The van der Waals surface area contributed by atoms with Crippen molar-refractivity contribution in [3.63, 3.8) is 0 Å². The third-order valence-corrected chi connectivity index (χ3v) is 3.16. The third-order valence-electron chi connectivity index (χ3n) is 3.16. The van der Waals surface area contributed by atoms with Gasteiger partial charge in [0.2, 0.25) is 0 Å². The molecule has 1 aliphatic heterocycles. The van der Waals surface area contributed by atoms with Crippen molar-refractivity contribution in [2.75, 3.05) is 13.2 Å². The van der Waals surface area contributed by atoms with E-state index in [-0.39, 0.29) is 11.9 Å². The number of carbonyl (C=O) groups is 1. The zero-order valence-electron chi connectivity index (χ0n) is 10.2. The van der Waals surface area contributed by atoms with E-state index in [2.05, 4.69) is 10.3 Å². The van der Waals surface area contributed by atoms with Gasteiger partial charge in [0, 0.05) is 24.8 Å². The van der Waals surface area contributed by atoms with Crippen LogP contribution in [0.15, 0.2) is 18.3 Å². The maximum atomic E-state index is 11.9. The van der Waals surface area contributed by atoms with Crippen molar-refractivity contribution < 1.29 is 9.53 Å². The Balaban J connectivity index is 1.96. The van der Waals surface area contributed by atoms with Crippen molar-refractivity contribution in [1.29, 1.82) is 5.26 Å². The van der Waals surface area contributed by atoms with E-state index in [0.717, 1.165) is 13.0 Å². The summed E-state index contributed by atoms with van der Waals surface area (Å²) in [4.78, 5) is 15.9. The van der Waals surface area contributed by atoms with Gasteiger partial charge < -0.3 is 10.1 Å². The summed E-state index contributed by atoms with van der Waals surface area (Å²) >= 11 is 0. The van der Waals surface area contributed by atoms with Crippen LogP contribution in [0.2, 0.25) is 0 Å². The second-order valence-electron chi connectivity index (χ2n) is 4.43. The lowest BCUT2D eigenvalue weighted by molar-refractivity contribution is 0.0917. The number of amides is 1. The highest BCUT2D eigenvalue weighted by atomic mass is 16.5. The number of ether oxygens (including phenoxy) is 1. The molecule has 0 saturated carbocycles. The molecular formula is C13H15N3O2. The molecule has 1 saturated heterocycles. The second kappa shape index (κ2) is 5.61. The van der Waals surface area contributed by atoms with Gasteiger partial charge in [0.25, 0.3) is 5.91 Å². The number of aromatic nitrogens is 1. The normalized spacial score (nSPS) is 20.1. The first-order chi connectivity index (χ1) is 8.70. The second-order valence-corrected chi connectivity index (χ2v) is 4.43. The number of hydrogen-bond acceptors (Lipinski definition) is 4. The van der Waals surface area contributed by atoms with Crippen LogP contribution in [-0.4, -0.2) is 30.1 Å². The maximum absolute atomic E-state index is 11.9. The monoisotopic (exact) mass is 245 g/mol. The van der Waals surface area contributed by atoms with Gasteiger partial charge in [-0.05, 0) is 25.5 Å². The summed E-state index contributed by atoms with van der Waals surface area (Å²) in [6.07, 6.45) is 2.38. The van der Waals surface area contributed by atoms with Crippen LogP contribution in [0.3, 0.4) is 0 Å². The summed E-state index contributed by atoms with van der Waals surface area (Å²) in [5.74, 6) is 0.159. The van der Waals surface area contributed by atoms with Crippen LogP contribution in [-0.2, 0) is 4.74 Å². The van der Waals surface area contributed by atoms with Gasteiger partial charge in [-0.3, -0.25) is 4.79 Å². The first-order valence-corrected chi connectivity index (χ1v) is 5.95. The summed E-state index contributed by atoms with van der Waals surface area (Å²) in [6.45, 7) is 3.43. The Morgan fingerprint density at radius 3 is 3.06 bits per heavy atom. The number of nitrogens with one attached hydrogen (secondary N) is 1. The Bertz CT molecular complexity index is 458. The molecule has 0 aliphatic carbocycles. The van der Waals surface area contributed by atoms with Crippen LogP contribution in [0.1, 0.15) is 29.4 Å². The van der Waals surface area contributed by atoms with Gasteiger partial charge in [-0.15, -0.1) is 0 Å². The van der Waals surface area contributed by atoms with E-state index in [0.29, 0.717) is 23.8 Å². The molecule has 2 unspecified atom stereocenters. The number of carbonyl (C=O) groups excluding carboxylic acids is 1. The summed E-state index contributed by atoms with van der Waals surface area (Å²) in [7, 11) is 0. The molecule has 2 heterocycles. The fourth-order valence-electron chi connectivity index (χ4n) is 1.94. The van der Waals surface area contributed by atoms with Crippen LogP contribution in [0, 0.1) is 17.2 Å². The lowest BCUT2D eigenvalue weighted by Gasteiger charge is -2.18. The molecule has 0 spiro atoms. The Hall–Kier alpha value is -1.93. The standard InChI is InChI=1S/C13H15N3O2/c1-9(11-4-5-18-8-11)16-13(17)12-3-2-10(6-14)7-15-12/h2-3,7,9,11H,4-5,8H2,1H3,(H,16,17). The first kappa shape index (κ1) is 12.5. The topological polar surface area (TPSA) is 75.0 Å². The number of rotatable bonds is 3. The maximum Gasteiger partial charge on any atom is 0.270 e. The molecule has 5 heteroatoms. The van der Waals surface area contributed by atoms with Crippen molar-refractivity contribution in [3.05, 3.63) is 29.6 Å². The molecule has 1 fully saturated rings. The Kier molecular flexibility index (Phi) is 3.90. The van der Waals surface area contributed by atoms with Gasteiger partial charge in [0.05, 0.1) is 12.2 Å². The minimum Gasteiger partial charge on any atom is -0.381 e. The molecule has 1 amide bonds. The van der Waals surface area contributed by atoms with Gasteiger partial charge in [-0.2, -0.15) is 5.26 Å². The van der Waals surface area contributed by atoms with Crippen LogP contribution in [0.5, 0.6) is 0 Å². The first-order valence-electron chi connectivity index (χ1n) is 5.95. The third kappa shape index (κ3) is 2.84. The molecule has 94 valence electrons. The van der Waals surface area contributed by atoms with Gasteiger partial charge in [0.15, 0.2) is 0 Å². The molecule has 0 radical (unpaired) electrons. The average Bonchev–Trinajstić information content (AvgIpc) is 2.92. The SMILES string of the molecule is CC(NC(=O)c1ccc(C#N)cn1)C1CCOC1. The quantitative estimate of drug-likeness (QED) is 0.865. The molecular weight excluding hydrogens is 230 g/mol. The highest BCUT2D eigenvalue weighted by Crippen LogP contribution is 2.16. The van der Waals surface area contributed by atoms with Crippen molar-refractivity contribution in [2.24, 2.45) is 5.92 Å². The van der Waals surface area contributed by atoms with Gasteiger partial charge >= 0.3 is 0 Å². The van der Waals surface area contributed by atoms with Crippen molar-refractivity contribution >= 4 is 5.91 Å². The van der Waals surface area contributed by atoms with Gasteiger partial charge in [-0.1, -0.05) is 0 Å². The van der Waals surface area contributed by atoms with E-state index in [4.69, 9.17) is 10.00 Å². The van der Waals surface area contributed by atoms with Crippen molar-refractivity contribution in [3.8, 4) is 6.07 Å². The lowest BCUT2D eigenvalue weighted by atomic mass is 10.0. The van der Waals surface area contributed by atoms with E-state index in [1.54, 1.807) is 12.1 Å². The number of nitriles is 1. The molecule has 0 bridgehead atoms. The molecule has 5 nitrogen and oxygen atoms in total. The van der Waals surface area contributed by atoms with E-state index in [9.17, 15) is 4.79 Å². The Labute approximate surface area is 106 Å². The summed E-state index contributed by atoms with van der Waals surface area (Å²) < 4.78 is 5.29. The van der Waals surface area contributed by atoms with Crippen LogP contribution in [0.25, 0.3) is 0 Å². The minimum atomic E-state index is -0.209. The molecule has 1 aliphatic rings. The largest absolute Gasteiger partial charge is 0.381 e. The zero-order chi connectivity index (χ0) is 13.0. The van der Waals surface area contributed by atoms with Crippen molar-refractivity contribution in [1.82, 2.24) is 10.3 Å². The summed E-state index contributed by atoms with van der Waals surface area (Å²) in [5.41, 5.74) is 0.781. The zero-order valence-corrected chi connectivity index (χ0v) is 10.2. The summed E-state index contributed by atoms with van der Waals surface area (Å²) in [5, 5.41) is 11.6. The van der Waals surface area contributed by atoms with E-state index in [1.165, 1.54) is 6.20 Å². The lowest BCUT2D eigenvalue weighted by Crippen LogP contribution is -2.38. The fraction of sp³-hybridized carbons (Fsp3) is 0.462. The van der Waals surface area contributed by atoms with Gasteiger partial charge in [0.1, 0.15) is 11.8 Å². The van der Waals surface area contributed by atoms with E-state index in [1.807, 2.05) is 13.0 Å². The molecule has 1 aromatic heterocycles. The van der Waals surface area contributed by atoms with Crippen molar-refractivity contribution in [2.45, 2.75) is 19.4 Å². The van der Waals surface area contributed by atoms with Gasteiger partial charge in [-0.25, -0.2) is 4.98 Å². The molecule has 1 N–H and O–H groups in total. The number of hydrogen-bond donors (Lipinski definition) is 1. The van der Waals surface area contributed by atoms with E-state index < -0.39 is 0 Å². The Morgan fingerprint density at radius 1 is 1.67 bits per heavy atom. The highest BCUT2D eigenvalue weighted by molar-refractivity contribution is 5.92. The predicted octanol–water partition coefficient (Wildman–Crippen LogP) is 1.11. The average molecular weight is 245 g/mol. The highest BCUT2D eigenvalue weighted by Gasteiger charge is 2.24. The summed E-state index contributed by atoms with van der Waals surface area (Å²) in [6, 6.07) is 5.18. The van der Waals surface area contributed by atoms with Crippen LogP contribution in [0.4, 0.5) is 0 Å². The number of pyridine rings is 1. The predicted molar refractivity (Wildman–Crippen MR) is 64.8 cm³/mol. The Morgan fingerprint density at radius 2 is 2.50 bits per heavy atom. The minimum absolute atomic E-state index is 0.0671. The molecule has 2 atom stereocenters. The molecule has 18 heavy (non-hydrogen) atoms. The molecule has 1 aromatic rings. The fourth-order valence-corrected chi connectivity index (χ4v) is 1.94. The van der Waals surface area contributed by atoms with E-state index >= 15 is 0 Å². The van der Waals surface area contributed by atoms with Crippen LogP contribution < -0.4 is 5.32 Å². The number of nitrogens with zero attached hydrogens (tertiary/aromatic N) is 2.